The van der Waals surface area contributed by atoms with Gasteiger partial charge in [-0.3, -0.25) is 0 Å². The van der Waals surface area contributed by atoms with Gasteiger partial charge in [0.15, 0.2) is 0 Å². The van der Waals surface area contributed by atoms with Crippen molar-refractivity contribution < 1.29 is 4.74 Å². The second-order valence-electron chi connectivity index (χ2n) is 6.09. The van der Waals surface area contributed by atoms with Crippen molar-refractivity contribution in [1.82, 2.24) is 9.55 Å². The molecule has 1 aromatic heterocycles. The lowest BCUT2D eigenvalue weighted by Crippen LogP contribution is -2.15. The number of aromatic nitrogens is 2. The van der Waals surface area contributed by atoms with Gasteiger partial charge in [0.2, 0.25) is 0 Å². The summed E-state index contributed by atoms with van der Waals surface area (Å²) in [6, 6.07) is 8.03. The molecule has 0 fully saturated rings. The standard InChI is InChI=1S/C17H23N3O/c1-11(2)21-14-8-6-13(7-9-14)15-16(18)20-10-4-5-12(3)17(20)19-15/h6-9,11-12H,4-5,10,18H2,1-3H3. The van der Waals surface area contributed by atoms with Crippen LogP contribution in [0.1, 0.15) is 45.4 Å². The molecular weight excluding hydrogens is 262 g/mol. The molecule has 0 spiro atoms. The number of nitrogen functional groups attached to an aromatic ring is 1. The van der Waals surface area contributed by atoms with Gasteiger partial charge in [0, 0.05) is 18.0 Å². The van der Waals surface area contributed by atoms with Gasteiger partial charge in [-0.05, 0) is 51.0 Å². The van der Waals surface area contributed by atoms with Crippen molar-refractivity contribution in [2.45, 2.75) is 52.2 Å². The van der Waals surface area contributed by atoms with Crippen LogP contribution in [0.2, 0.25) is 0 Å². The molecule has 2 heterocycles. The molecule has 1 unspecified atom stereocenters. The molecule has 4 nitrogen and oxygen atoms in total. The molecule has 1 atom stereocenters. The lowest BCUT2D eigenvalue weighted by Gasteiger charge is -2.20. The van der Waals surface area contributed by atoms with E-state index in [9.17, 15) is 0 Å². The SMILES string of the molecule is CC(C)Oc1ccc(-c2nc3n(c2N)CCCC3C)cc1. The number of imidazole rings is 1. The number of benzene rings is 1. The van der Waals surface area contributed by atoms with Crippen molar-refractivity contribution in [3.05, 3.63) is 30.1 Å². The summed E-state index contributed by atoms with van der Waals surface area (Å²) in [6.45, 7) is 7.25. The third-order valence-corrected chi connectivity index (χ3v) is 4.00. The van der Waals surface area contributed by atoms with E-state index in [0.29, 0.717) is 5.92 Å². The van der Waals surface area contributed by atoms with Crippen LogP contribution in [0.15, 0.2) is 24.3 Å². The number of anilines is 1. The fourth-order valence-electron chi connectivity index (χ4n) is 2.96. The fourth-order valence-corrected chi connectivity index (χ4v) is 2.96. The van der Waals surface area contributed by atoms with E-state index >= 15 is 0 Å². The fraction of sp³-hybridized carbons (Fsp3) is 0.471. The summed E-state index contributed by atoms with van der Waals surface area (Å²) in [5.74, 6) is 3.27. The maximum atomic E-state index is 6.31. The first-order valence-corrected chi connectivity index (χ1v) is 7.69. The van der Waals surface area contributed by atoms with Gasteiger partial charge in [0.1, 0.15) is 23.1 Å². The van der Waals surface area contributed by atoms with E-state index in [2.05, 4.69) is 11.5 Å². The molecular formula is C17H23N3O. The molecule has 0 bridgehead atoms. The first-order chi connectivity index (χ1) is 10.1. The average molecular weight is 285 g/mol. The average Bonchev–Trinajstić information content (AvgIpc) is 2.78. The quantitative estimate of drug-likeness (QED) is 0.932. The van der Waals surface area contributed by atoms with Crippen LogP contribution in [-0.2, 0) is 6.54 Å². The van der Waals surface area contributed by atoms with Crippen LogP contribution in [0.4, 0.5) is 5.82 Å². The number of hydrogen-bond acceptors (Lipinski definition) is 3. The van der Waals surface area contributed by atoms with Crippen molar-refractivity contribution >= 4 is 5.82 Å². The second-order valence-corrected chi connectivity index (χ2v) is 6.09. The van der Waals surface area contributed by atoms with Crippen molar-refractivity contribution in [3.63, 3.8) is 0 Å². The molecule has 0 radical (unpaired) electrons. The normalized spacial score (nSPS) is 17.8. The highest BCUT2D eigenvalue weighted by molar-refractivity contribution is 5.71. The number of nitrogens with zero attached hydrogens (tertiary/aromatic N) is 2. The minimum atomic E-state index is 0.182. The highest BCUT2D eigenvalue weighted by Gasteiger charge is 2.23. The molecule has 112 valence electrons. The van der Waals surface area contributed by atoms with E-state index in [1.807, 2.05) is 38.1 Å². The third-order valence-electron chi connectivity index (χ3n) is 4.00. The maximum Gasteiger partial charge on any atom is 0.131 e. The molecule has 0 aliphatic carbocycles. The van der Waals surface area contributed by atoms with E-state index in [4.69, 9.17) is 15.5 Å². The van der Waals surface area contributed by atoms with Crippen LogP contribution in [-0.4, -0.2) is 15.7 Å². The summed E-state index contributed by atoms with van der Waals surface area (Å²) < 4.78 is 7.85. The third kappa shape index (κ3) is 2.62. The van der Waals surface area contributed by atoms with Gasteiger partial charge >= 0.3 is 0 Å². The zero-order valence-electron chi connectivity index (χ0n) is 13.0. The van der Waals surface area contributed by atoms with E-state index in [0.717, 1.165) is 35.2 Å². The first kappa shape index (κ1) is 14.0. The first-order valence-electron chi connectivity index (χ1n) is 7.69. The number of rotatable bonds is 3. The Labute approximate surface area is 125 Å². The Balaban J connectivity index is 1.94. The molecule has 1 aromatic carbocycles. The molecule has 0 amide bonds. The van der Waals surface area contributed by atoms with Gasteiger partial charge in [0.25, 0.3) is 0 Å². The van der Waals surface area contributed by atoms with Crippen LogP contribution < -0.4 is 10.5 Å². The highest BCUT2D eigenvalue weighted by Crippen LogP contribution is 2.34. The Bertz CT molecular complexity index is 628. The minimum absolute atomic E-state index is 0.182. The predicted octanol–water partition coefficient (Wildman–Crippen LogP) is 3.82. The Morgan fingerprint density at radius 3 is 2.62 bits per heavy atom. The summed E-state index contributed by atoms with van der Waals surface area (Å²) in [4.78, 5) is 4.79. The molecule has 21 heavy (non-hydrogen) atoms. The van der Waals surface area contributed by atoms with Gasteiger partial charge in [-0.1, -0.05) is 6.92 Å². The van der Waals surface area contributed by atoms with Gasteiger partial charge in [-0.2, -0.15) is 0 Å². The summed E-state index contributed by atoms with van der Waals surface area (Å²) >= 11 is 0. The van der Waals surface area contributed by atoms with Gasteiger partial charge in [-0.15, -0.1) is 0 Å². The van der Waals surface area contributed by atoms with E-state index < -0.39 is 0 Å². The summed E-state index contributed by atoms with van der Waals surface area (Å²) in [6.07, 6.45) is 2.55. The molecule has 1 aliphatic heterocycles. The van der Waals surface area contributed by atoms with Crippen LogP contribution >= 0.6 is 0 Å². The van der Waals surface area contributed by atoms with E-state index in [1.165, 1.54) is 12.8 Å². The van der Waals surface area contributed by atoms with Crippen LogP contribution in [0.25, 0.3) is 11.3 Å². The van der Waals surface area contributed by atoms with Crippen LogP contribution in [0.5, 0.6) is 5.75 Å². The predicted molar refractivity (Wildman–Crippen MR) is 85.5 cm³/mol. The zero-order valence-corrected chi connectivity index (χ0v) is 13.0. The van der Waals surface area contributed by atoms with Crippen molar-refractivity contribution in [1.29, 1.82) is 0 Å². The maximum absolute atomic E-state index is 6.31. The Morgan fingerprint density at radius 2 is 2.00 bits per heavy atom. The van der Waals surface area contributed by atoms with Crippen LogP contribution in [0, 0.1) is 0 Å². The molecule has 2 N–H and O–H groups in total. The zero-order chi connectivity index (χ0) is 15.0. The van der Waals surface area contributed by atoms with E-state index in [1.54, 1.807) is 0 Å². The minimum Gasteiger partial charge on any atom is -0.491 e. The smallest absolute Gasteiger partial charge is 0.131 e. The molecule has 0 saturated heterocycles. The largest absolute Gasteiger partial charge is 0.491 e. The number of nitrogens with two attached hydrogens (primary N) is 1. The van der Waals surface area contributed by atoms with Gasteiger partial charge in [-0.25, -0.2) is 4.98 Å². The second kappa shape index (κ2) is 5.43. The lowest BCUT2D eigenvalue weighted by atomic mass is 10.0. The van der Waals surface area contributed by atoms with Crippen LogP contribution in [0.3, 0.4) is 0 Å². The van der Waals surface area contributed by atoms with Crippen molar-refractivity contribution in [3.8, 4) is 17.0 Å². The van der Waals surface area contributed by atoms with Gasteiger partial charge < -0.3 is 15.0 Å². The van der Waals surface area contributed by atoms with Gasteiger partial charge in [0.05, 0.1) is 6.10 Å². The molecule has 0 saturated carbocycles. The number of ether oxygens (including phenoxy) is 1. The Morgan fingerprint density at radius 1 is 1.29 bits per heavy atom. The molecule has 3 rings (SSSR count). The highest BCUT2D eigenvalue weighted by atomic mass is 16.5. The van der Waals surface area contributed by atoms with E-state index in [-0.39, 0.29) is 6.10 Å². The van der Waals surface area contributed by atoms with Crippen molar-refractivity contribution in [2.24, 2.45) is 0 Å². The number of hydrogen-bond donors (Lipinski definition) is 1. The summed E-state index contributed by atoms with van der Waals surface area (Å²) in [5, 5.41) is 0. The Kier molecular flexibility index (Phi) is 3.62. The number of fused-ring (bicyclic) bond motifs is 1. The monoisotopic (exact) mass is 285 g/mol. The topological polar surface area (TPSA) is 53.1 Å². The Hall–Kier alpha value is -1.97. The molecule has 4 heteroatoms. The summed E-state index contributed by atoms with van der Waals surface area (Å²) in [5.41, 5.74) is 8.26. The van der Waals surface area contributed by atoms with Crippen molar-refractivity contribution in [2.75, 3.05) is 5.73 Å². The lowest BCUT2D eigenvalue weighted by molar-refractivity contribution is 0.242. The molecule has 2 aromatic rings. The molecule has 1 aliphatic rings. The summed E-state index contributed by atoms with van der Waals surface area (Å²) in [7, 11) is 0.